The van der Waals surface area contributed by atoms with E-state index in [4.69, 9.17) is 21.5 Å². The van der Waals surface area contributed by atoms with E-state index in [-0.39, 0.29) is 24.6 Å². The van der Waals surface area contributed by atoms with Crippen LogP contribution in [0.4, 0.5) is 4.79 Å². The van der Waals surface area contributed by atoms with Crippen molar-refractivity contribution in [1.82, 2.24) is 15.3 Å². The number of thiazole rings is 2. The van der Waals surface area contributed by atoms with Crippen LogP contribution in [-0.2, 0) is 17.8 Å². The largest absolute Gasteiger partial charge is 0.444 e. The average molecular weight is 433 g/mol. The topological polar surface area (TPSA) is 157 Å². The summed E-state index contributed by atoms with van der Waals surface area (Å²) < 4.78 is 5.05. The number of carbonyl (C=O) groups excluding carboxylic acids is 2. The van der Waals surface area contributed by atoms with Gasteiger partial charge >= 0.3 is 6.09 Å². The lowest BCUT2D eigenvalue weighted by atomic mass is 10.2. The summed E-state index contributed by atoms with van der Waals surface area (Å²) in [4.78, 5) is 30.0. The van der Waals surface area contributed by atoms with E-state index in [9.17, 15) is 9.59 Å². The number of carbonyl (C=O) groups is 2. The number of hydrogen-bond donors (Lipinski definition) is 3. The number of nitrogens with two attached hydrogens (primary N) is 2. The van der Waals surface area contributed by atoms with Crippen molar-refractivity contribution in [3.05, 3.63) is 32.2 Å². The second kappa shape index (κ2) is 11.5. The van der Waals surface area contributed by atoms with E-state index < -0.39 is 17.6 Å². The summed E-state index contributed by atoms with van der Waals surface area (Å²) >= 11 is 2.67. The van der Waals surface area contributed by atoms with Crippen molar-refractivity contribution in [3.63, 3.8) is 0 Å². The highest BCUT2D eigenvalue weighted by Gasteiger charge is 2.16. The lowest BCUT2D eigenvalue weighted by Gasteiger charge is -2.19. The van der Waals surface area contributed by atoms with Gasteiger partial charge in [-0.25, -0.2) is 14.8 Å². The zero-order valence-corrected chi connectivity index (χ0v) is 17.5. The van der Waals surface area contributed by atoms with Gasteiger partial charge in [0.15, 0.2) is 5.69 Å². The first-order valence-electron chi connectivity index (χ1n) is 7.40. The molecule has 0 bridgehead atoms. The van der Waals surface area contributed by atoms with Crippen molar-refractivity contribution in [1.29, 1.82) is 5.26 Å². The van der Waals surface area contributed by atoms with Crippen molar-refractivity contribution in [2.24, 2.45) is 11.5 Å². The third-order valence-electron chi connectivity index (χ3n) is 2.43. The molecule has 0 radical (unpaired) electrons. The van der Waals surface area contributed by atoms with E-state index >= 15 is 0 Å². The second-order valence-electron chi connectivity index (χ2n) is 5.79. The van der Waals surface area contributed by atoms with Gasteiger partial charge in [-0.3, -0.25) is 4.79 Å². The molecule has 27 heavy (non-hydrogen) atoms. The van der Waals surface area contributed by atoms with Crippen LogP contribution in [0.1, 0.15) is 47.0 Å². The first-order chi connectivity index (χ1) is 12.1. The molecule has 2 heterocycles. The number of halogens is 1. The second-order valence-corrected chi connectivity index (χ2v) is 7.67. The van der Waals surface area contributed by atoms with Gasteiger partial charge in [-0.05, 0) is 20.8 Å². The monoisotopic (exact) mass is 432 g/mol. The Hall–Kier alpha value is -2.26. The summed E-state index contributed by atoms with van der Waals surface area (Å²) in [6.07, 6.45) is -0.520. The van der Waals surface area contributed by atoms with Gasteiger partial charge in [0, 0.05) is 17.3 Å². The number of amides is 2. The Kier molecular flexibility index (Phi) is 10.5. The molecule has 5 N–H and O–H groups in total. The van der Waals surface area contributed by atoms with Crippen molar-refractivity contribution in [2.45, 2.75) is 39.5 Å². The smallest absolute Gasteiger partial charge is 0.408 e. The molecular formula is C15H21ClN6O3S2. The number of aromatic nitrogens is 2. The van der Waals surface area contributed by atoms with Crippen molar-refractivity contribution in [2.75, 3.05) is 0 Å². The van der Waals surface area contributed by atoms with Gasteiger partial charge in [0.2, 0.25) is 0 Å². The summed E-state index contributed by atoms with van der Waals surface area (Å²) in [5.74, 6) is -0.579. The Morgan fingerprint density at radius 3 is 2.30 bits per heavy atom. The van der Waals surface area contributed by atoms with Gasteiger partial charge in [-0.1, -0.05) is 0 Å². The van der Waals surface area contributed by atoms with Crippen LogP contribution in [0, 0.1) is 11.3 Å². The predicted octanol–water partition coefficient (Wildman–Crippen LogP) is 2.16. The van der Waals surface area contributed by atoms with Crippen LogP contribution in [0.2, 0.25) is 0 Å². The molecule has 0 aliphatic rings. The van der Waals surface area contributed by atoms with Crippen LogP contribution in [0.5, 0.6) is 0 Å². The maximum atomic E-state index is 11.3. The Labute approximate surface area is 171 Å². The normalized spacial score (nSPS) is 9.89. The molecule has 0 saturated carbocycles. The Morgan fingerprint density at radius 2 is 1.89 bits per heavy atom. The molecule has 9 nitrogen and oxygen atoms in total. The number of alkyl carbamates (subject to hydrolysis) is 1. The summed E-state index contributed by atoms with van der Waals surface area (Å²) in [6.45, 7) is 5.97. The van der Waals surface area contributed by atoms with Gasteiger partial charge < -0.3 is 21.5 Å². The number of hydrogen-bond acceptors (Lipinski definition) is 9. The molecule has 0 saturated heterocycles. The fourth-order valence-electron chi connectivity index (χ4n) is 1.42. The van der Waals surface area contributed by atoms with Gasteiger partial charge in [0.1, 0.15) is 27.4 Å². The van der Waals surface area contributed by atoms with E-state index in [0.29, 0.717) is 17.2 Å². The van der Waals surface area contributed by atoms with Crippen molar-refractivity contribution < 1.29 is 14.3 Å². The van der Waals surface area contributed by atoms with E-state index in [2.05, 4.69) is 15.3 Å². The number of nitrogens with zero attached hydrogens (tertiary/aromatic N) is 3. The quantitative estimate of drug-likeness (QED) is 0.667. The Balaban J connectivity index is 0.000000572. The minimum absolute atomic E-state index is 0. The minimum atomic E-state index is -0.579. The average Bonchev–Trinajstić information content (AvgIpc) is 3.21. The Bertz CT molecular complexity index is 794. The molecule has 0 aliphatic carbocycles. The summed E-state index contributed by atoms with van der Waals surface area (Å²) in [5.41, 5.74) is 10.4. The van der Waals surface area contributed by atoms with Crippen molar-refractivity contribution in [3.8, 4) is 6.07 Å². The molecule has 2 aromatic rings. The molecule has 0 unspecified atom stereocenters. The molecule has 0 atom stereocenters. The summed E-state index contributed by atoms with van der Waals surface area (Å²) in [7, 11) is 0. The van der Waals surface area contributed by atoms with Crippen LogP contribution in [0.25, 0.3) is 0 Å². The fourth-order valence-corrected chi connectivity index (χ4v) is 2.75. The molecule has 2 rings (SSSR count). The number of rotatable bonds is 4. The number of nitriles is 1. The zero-order chi connectivity index (χ0) is 19.7. The van der Waals surface area contributed by atoms with Crippen LogP contribution in [0.15, 0.2) is 10.8 Å². The minimum Gasteiger partial charge on any atom is -0.444 e. The first-order valence-corrected chi connectivity index (χ1v) is 9.16. The molecule has 148 valence electrons. The maximum Gasteiger partial charge on any atom is 0.408 e. The van der Waals surface area contributed by atoms with Crippen molar-refractivity contribution >= 4 is 47.1 Å². The van der Waals surface area contributed by atoms with Gasteiger partial charge in [0.25, 0.3) is 5.91 Å². The predicted molar refractivity (Wildman–Crippen MR) is 106 cm³/mol. The zero-order valence-electron chi connectivity index (χ0n) is 15.0. The molecule has 0 aromatic carbocycles. The van der Waals surface area contributed by atoms with Crippen LogP contribution >= 0.6 is 35.1 Å². The first kappa shape index (κ1) is 24.7. The molecule has 2 aromatic heterocycles. The van der Waals surface area contributed by atoms with Crippen LogP contribution < -0.4 is 16.8 Å². The standard InChI is InChI=1S/C10H15N3O3S.C5H5N3S.ClH/c1-10(2,3)16-9(15)12-4-7-13-6(5-17-7)8(11)14;6-1-4-3-9-5(2-7)8-4;/h5H,4H2,1-3H3,(H2,11,14)(H,12,15);3H,2,7H2;1H. The van der Waals surface area contributed by atoms with E-state index in [1.54, 1.807) is 31.5 Å². The number of ether oxygens (including phenoxy) is 1. The summed E-state index contributed by atoms with van der Waals surface area (Å²) in [5, 5.41) is 15.5. The molecule has 0 aliphatic heterocycles. The van der Waals surface area contributed by atoms with Crippen LogP contribution in [0.3, 0.4) is 0 Å². The van der Waals surface area contributed by atoms with E-state index in [0.717, 1.165) is 5.01 Å². The van der Waals surface area contributed by atoms with Gasteiger partial charge in [-0.15, -0.1) is 35.1 Å². The number of nitrogens with one attached hydrogen (secondary N) is 1. The summed E-state index contributed by atoms with van der Waals surface area (Å²) in [6, 6.07) is 1.93. The van der Waals surface area contributed by atoms with E-state index in [1.165, 1.54) is 22.7 Å². The maximum absolute atomic E-state index is 11.3. The highest BCUT2D eigenvalue weighted by Crippen LogP contribution is 2.10. The van der Waals surface area contributed by atoms with Gasteiger partial charge in [-0.2, -0.15) is 5.26 Å². The highest BCUT2D eigenvalue weighted by atomic mass is 35.5. The lowest BCUT2D eigenvalue weighted by molar-refractivity contribution is 0.0523. The molecule has 12 heteroatoms. The third-order valence-corrected chi connectivity index (χ3v) is 4.15. The third kappa shape index (κ3) is 9.86. The van der Waals surface area contributed by atoms with E-state index in [1.807, 2.05) is 6.07 Å². The van der Waals surface area contributed by atoms with Gasteiger partial charge in [0.05, 0.1) is 6.54 Å². The SMILES string of the molecule is CC(C)(C)OC(=O)NCc1nc(C(N)=O)cs1.Cl.N#Cc1csc(CN)n1. The molecule has 0 fully saturated rings. The lowest BCUT2D eigenvalue weighted by Crippen LogP contribution is -2.32. The fraction of sp³-hybridized carbons (Fsp3) is 0.400. The number of primary amides is 1. The van der Waals surface area contributed by atoms with Crippen LogP contribution in [-0.4, -0.2) is 27.6 Å². The molecular weight excluding hydrogens is 412 g/mol. The Morgan fingerprint density at radius 1 is 1.26 bits per heavy atom. The molecule has 0 spiro atoms. The molecule has 2 amide bonds. The highest BCUT2D eigenvalue weighted by molar-refractivity contribution is 7.10.